The highest BCUT2D eigenvalue weighted by Crippen LogP contribution is 2.36. The van der Waals surface area contributed by atoms with Gasteiger partial charge in [-0.15, -0.1) is 0 Å². The predicted octanol–water partition coefficient (Wildman–Crippen LogP) is 4.40. The third-order valence-corrected chi connectivity index (χ3v) is 7.48. The molecule has 7 nitrogen and oxygen atoms in total. The topological polar surface area (TPSA) is 81.5 Å². The third kappa shape index (κ3) is 4.47. The standard InChI is InChI=1S/C22H30N6OSi/c1-30(2)12-11-29-16-27-10-8-19-21(24-15-25-22(19)27)18-13-26-28(14-18)20(7-9-23)17-5-3-4-6-17/h8,10,13-15,17,20,30H,3-7,11-12,16H2,1-2H3/t20-/m1/s1. The van der Waals surface area contributed by atoms with Crippen LogP contribution in [0.1, 0.15) is 38.1 Å². The van der Waals surface area contributed by atoms with E-state index in [0.717, 1.165) is 28.9 Å². The van der Waals surface area contributed by atoms with Crippen LogP contribution in [0.2, 0.25) is 19.1 Å². The summed E-state index contributed by atoms with van der Waals surface area (Å²) >= 11 is 0. The Morgan fingerprint density at radius 3 is 2.90 bits per heavy atom. The lowest BCUT2D eigenvalue weighted by molar-refractivity contribution is 0.0902. The first kappa shape index (κ1) is 20.8. The molecule has 3 aromatic heterocycles. The quantitative estimate of drug-likeness (QED) is 0.377. The van der Waals surface area contributed by atoms with E-state index in [2.05, 4.69) is 34.2 Å². The summed E-state index contributed by atoms with van der Waals surface area (Å²) in [6, 6.07) is 5.73. The van der Waals surface area contributed by atoms with Crippen molar-refractivity contribution in [1.82, 2.24) is 24.3 Å². The molecule has 158 valence electrons. The van der Waals surface area contributed by atoms with E-state index in [9.17, 15) is 5.26 Å². The minimum atomic E-state index is -0.589. The van der Waals surface area contributed by atoms with Gasteiger partial charge in [0.2, 0.25) is 0 Å². The Morgan fingerprint density at radius 1 is 1.30 bits per heavy atom. The van der Waals surface area contributed by atoms with Crippen molar-refractivity contribution >= 4 is 19.8 Å². The SMILES string of the molecule is C[SiH](C)CCOCn1ccc2c(-c3cnn([C@H](CC#N)C4CCCC4)c3)ncnc21. The Hall–Kier alpha value is -2.50. The zero-order valence-electron chi connectivity index (χ0n) is 17.9. The van der Waals surface area contributed by atoms with Gasteiger partial charge in [0.25, 0.3) is 0 Å². The molecular weight excluding hydrogens is 392 g/mol. The van der Waals surface area contributed by atoms with Crippen molar-refractivity contribution in [3.05, 3.63) is 31.0 Å². The summed E-state index contributed by atoms with van der Waals surface area (Å²) in [4.78, 5) is 9.03. The molecule has 1 saturated carbocycles. The minimum absolute atomic E-state index is 0.145. The molecule has 30 heavy (non-hydrogen) atoms. The number of hydrogen-bond donors (Lipinski definition) is 0. The lowest BCUT2D eigenvalue weighted by atomic mass is 9.96. The van der Waals surface area contributed by atoms with Crippen LogP contribution in [0.25, 0.3) is 22.3 Å². The van der Waals surface area contributed by atoms with Crippen LogP contribution in [-0.4, -0.2) is 39.7 Å². The molecule has 0 saturated heterocycles. The lowest BCUT2D eigenvalue weighted by Gasteiger charge is -2.21. The highest BCUT2D eigenvalue weighted by molar-refractivity contribution is 6.55. The summed E-state index contributed by atoms with van der Waals surface area (Å²) in [7, 11) is -0.589. The maximum absolute atomic E-state index is 9.32. The van der Waals surface area contributed by atoms with Crippen molar-refractivity contribution in [3.8, 4) is 17.3 Å². The van der Waals surface area contributed by atoms with Crippen LogP contribution in [-0.2, 0) is 11.5 Å². The van der Waals surface area contributed by atoms with Gasteiger partial charge in [-0.3, -0.25) is 4.68 Å². The number of nitriles is 1. The largest absolute Gasteiger partial charge is 0.361 e. The molecule has 1 aliphatic carbocycles. The molecule has 0 spiro atoms. The average molecular weight is 423 g/mol. The van der Waals surface area contributed by atoms with Gasteiger partial charge >= 0.3 is 0 Å². The minimum Gasteiger partial charge on any atom is -0.361 e. The van der Waals surface area contributed by atoms with Crippen molar-refractivity contribution in [1.29, 1.82) is 5.26 Å². The number of ether oxygens (including phenoxy) is 1. The van der Waals surface area contributed by atoms with Crippen LogP contribution in [0.3, 0.4) is 0 Å². The second kappa shape index (κ2) is 9.54. The number of aromatic nitrogens is 5. The molecule has 0 aliphatic heterocycles. The molecule has 0 bridgehead atoms. The zero-order chi connectivity index (χ0) is 20.9. The molecule has 3 aromatic rings. The number of nitrogens with zero attached hydrogens (tertiary/aromatic N) is 6. The van der Waals surface area contributed by atoms with Crippen LogP contribution < -0.4 is 0 Å². The van der Waals surface area contributed by atoms with Gasteiger partial charge in [-0.1, -0.05) is 25.9 Å². The van der Waals surface area contributed by atoms with Gasteiger partial charge in [-0.2, -0.15) is 10.4 Å². The first-order valence-corrected chi connectivity index (χ1v) is 14.1. The van der Waals surface area contributed by atoms with E-state index >= 15 is 0 Å². The molecule has 1 fully saturated rings. The van der Waals surface area contributed by atoms with Gasteiger partial charge < -0.3 is 9.30 Å². The molecule has 0 radical (unpaired) electrons. The van der Waals surface area contributed by atoms with E-state index in [1.165, 1.54) is 31.7 Å². The summed E-state index contributed by atoms with van der Waals surface area (Å²) < 4.78 is 9.87. The van der Waals surface area contributed by atoms with E-state index in [1.807, 2.05) is 33.9 Å². The number of hydrogen-bond acceptors (Lipinski definition) is 5. The Morgan fingerprint density at radius 2 is 2.13 bits per heavy atom. The first-order valence-electron chi connectivity index (χ1n) is 11.0. The van der Waals surface area contributed by atoms with Gasteiger partial charge in [0.05, 0.1) is 30.4 Å². The van der Waals surface area contributed by atoms with Crippen LogP contribution in [0.15, 0.2) is 31.0 Å². The summed E-state index contributed by atoms with van der Waals surface area (Å²) in [6.45, 7) is 5.98. The number of rotatable bonds is 9. The van der Waals surface area contributed by atoms with Gasteiger partial charge in [0, 0.05) is 38.7 Å². The van der Waals surface area contributed by atoms with Gasteiger partial charge in [0.15, 0.2) is 0 Å². The smallest absolute Gasteiger partial charge is 0.145 e. The molecule has 1 atom stereocenters. The van der Waals surface area contributed by atoms with Crippen LogP contribution in [0.4, 0.5) is 0 Å². The van der Waals surface area contributed by atoms with E-state index in [4.69, 9.17) is 4.74 Å². The molecule has 8 heteroatoms. The highest BCUT2D eigenvalue weighted by Gasteiger charge is 2.27. The fraction of sp³-hybridized carbons (Fsp3) is 0.545. The molecular formula is C22H30N6OSi. The van der Waals surface area contributed by atoms with E-state index in [0.29, 0.717) is 19.1 Å². The fourth-order valence-corrected chi connectivity index (χ4v) is 5.01. The summed E-state index contributed by atoms with van der Waals surface area (Å²) in [5.74, 6) is 0.537. The Labute approximate surface area is 179 Å². The molecule has 0 amide bonds. The first-order chi connectivity index (χ1) is 14.7. The summed E-state index contributed by atoms with van der Waals surface area (Å²) in [5, 5.41) is 14.9. The second-order valence-electron chi connectivity index (χ2n) is 8.65. The van der Waals surface area contributed by atoms with E-state index < -0.39 is 8.80 Å². The lowest BCUT2D eigenvalue weighted by Crippen LogP contribution is -2.17. The van der Waals surface area contributed by atoms with Crippen molar-refractivity contribution in [2.75, 3.05) is 6.61 Å². The summed E-state index contributed by atoms with van der Waals surface area (Å²) in [5.41, 5.74) is 2.72. The predicted molar refractivity (Wildman–Crippen MR) is 120 cm³/mol. The molecule has 4 rings (SSSR count). The van der Waals surface area contributed by atoms with Crippen molar-refractivity contribution in [2.45, 2.75) is 64.0 Å². The fourth-order valence-electron chi connectivity index (χ4n) is 4.37. The molecule has 0 aromatic carbocycles. The molecule has 1 aliphatic rings. The maximum Gasteiger partial charge on any atom is 0.145 e. The average Bonchev–Trinajstić information content (AvgIpc) is 3.50. The molecule has 0 unspecified atom stereocenters. The Kier molecular flexibility index (Phi) is 6.60. The van der Waals surface area contributed by atoms with Crippen molar-refractivity contribution in [3.63, 3.8) is 0 Å². The van der Waals surface area contributed by atoms with Crippen LogP contribution >= 0.6 is 0 Å². The van der Waals surface area contributed by atoms with Gasteiger partial charge in [-0.05, 0) is 30.9 Å². The molecule has 0 N–H and O–H groups in total. The zero-order valence-corrected chi connectivity index (χ0v) is 19.0. The highest BCUT2D eigenvalue weighted by atomic mass is 28.3. The van der Waals surface area contributed by atoms with Gasteiger partial charge in [0.1, 0.15) is 18.7 Å². The van der Waals surface area contributed by atoms with Crippen LogP contribution in [0.5, 0.6) is 0 Å². The van der Waals surface area contributed by atoms with E-state index in [-0.39, 0.29) is 6.04 Å². The third-order valence-electron chi connectivity index (χ3n) is 6.09. The van der Waals surface area contributed by atoms with Crippen molar-refractivity contribution in [2.24, 2.45) is 5.92 Å². The second-order valence-corrected chi connectivity index (χ2v) is 12.0. The maximum atomic E-state index is 9.32. The summed E-state index contributed by atoms with van der Waals surface area (Å²) in [6.07, 6.45) is 12.9. The van der Waals surface area contributed by atoms with Crippen LogP contribution in [0, 0.1) is 17.2 Å². The molecule has 3 heterocycles. The van der Waals surface area contributed by atoms with Crippen molar-refractivity contribution < 1.29 is 4.74 Å². The normalized spacial score (nSPS) is 15.8. The Balaban J connectivity index is 1.56. The number of fused-ring (bicyclic) bond motifs is 1. The Bertz CT molecular complexity index is 1010. The monoisotopic (exact) mass is 422 g/mol. The van der Waals surface area contributed by atoms with E-state index in [1.54, 1.807) is 6.33 Å². The van der Waals surface area contributed by atoms with Gasteiger partial charge in [-0.25, -0.2) is 9.97 Å².